The lowest BCUT2D eigenvalue weighted by molar-refractivity contribution is 0.102. The summed E-state index contributed by atoms with van der Waals surface area (Å²) in [7, 11) is 0. The van der Waals surface area contributed by atoms with Crippen LogP contribution < -0.4 is 11.1 Å². The first kappa shape index (κ1) is 13.4. The summed E-state index contributed by atoms with van der Waals surface area (Å²) in [6, 6.07) is 6.84. The number of benzene rings is 1. The van der Waals surface area contributed by atoms with Crippen LogP contribution in [-0.2, 0) is 0 Å². The van der Waals surface area contributed by atoms with Crippen molar-refractivity contribution >= 4 is 28.9 Å². The number of nitrogens with one attached hydrogen (secondary N) is 1. The summed E-state index contributed by atoms with van der Waals surface area (Å²) < 4.78 is 0. The van der Waals surface area contributed by atoms with Crippen molar-refractivity contribution in [2.45, 2.75) is 13.8 Å². The number of nitrogens with zero attached hydrogens (tertiary/aromatic N) is 1. The van der Waals surface area contributed by atoms with E-state index in [0.717, 1.165) is 11.1 Å². The third-order valence-corrected chi connectivity index (χ3v) is 3.05. The minimum atomic E-state index is -0.216. The number of amides is 1. The van der Waals surface area contributed by atoms with Crippen molar-refractivity contribution in [2.75, 3.05) is 11.1 Å². The van der Waals surface area contributed by atoms with Crippen LogP contribution in [0.2, 0.25) is 5.15 Å². The quantitative estimate of drug-likeness (QED) is 0.653. The molecule has 0 spiro atoms. The molecule has 2 aromatic rings. The largest absolute Gasteiger partial charge is 0.398 e. The van der Waals surface area contributed by atoms with Gasteiger partial charge in [0.15, 0.2) is 0 Å². The first-order valence-electron chi connectivity index (χ1n) is 5.77. The lowest BCUT2D eigenvalue weighted by atomic mass is 10.0. The minimum absolute atomic E-state index is 0.216. The van der Waals surface area contributed by atoms with E-state index in [9.17, 15) is 4.79 Å². The Morgan fingerprint density at radius 2 is 2.00 bits per heavy atom. The van der Waals surface area contributed by atoms with Crippen LogP contribution in [0.5, 0.6) is 0 Å². The molecule has 4 nitrogen and oxygen atoms in total. The van der Waals surface area contributed by atoms with Gasteiger partial charge in [0.1, 0.15) is 5.15 Å². The number of aromatic nitrogens is 1. The standard InChI is InChI=1S/C14H14ClN3O/c1-8-5-9(2)12(16)7-11(8)14(19)18-10-3-4-17-13(15)6-10/h3-7H,16H2,1-2H3,(H,17,18,19). The van der Waals surface area contributed by atoms with Crippen LogP contribution in [0.15, 0.2) is 30.5 Å². The summed E-state index contributed by atoms with van der Waals surface area (Å²) in [5.41, 5.74) is 9.42. The molecule has 0 aliphatic heterocycles. The fourth-order valence-corrected chi connectivity index (χ4v) is 1.97. The van der Waals surface area contributed by atoms with Crippen molar-refractivity contribution < 1.29 is 4.79 Å². The Kier molecular flexibility index (Phi) is 3.71. The minimum Gasteiger partial charge on any atom is -0.398 e. The zero-order valence-corrected chi connectivity index (χ0v) is 11.5. The summed E-state index contributed by atoms with van der Waals surface area (Å²) in [4.78, 5) is 16.0. The molecule has 0 atom stereocenters. The predicted molar refractivity (Wildman–Crippen MR) is 77.5 cm³/mol. The van der Waals surface area contributed by atoms with E-state index in [1.54, 1.807) is 18.2 Å². The molecule has 0 unspecified atom stereocenters. The maximum atomic E-state index is 12.2. The molecule has 0 radical (unpaired) electrons. The van der Waals surface area contributed by atoms with E-state index in [-0.39, 0.29) is 5.91 Å². The number of hydrogen-bond acceptors (Lipinski definition) is 3. The van der Waals surface area contributed by atoms with E-state index < -0.39 is 0 Å². The fourth-order valence-electron chi connectivity index (χ4n) is 1.79. The van der Waals surface area contributed by atoms with Crippen LogP contribution >= 0.6 is 11.6 Å². The maximum Gasteiger partial charge on any atom is 0.256 e. The Morgan fingerprint density at radius 3 is 2.68 bits per heavy atom. The van der Waals surface area contributed by atoms with Crippen LogP contribution in [0.4, 0.5) is 11.4 Å². The van der Waals surface area contributed by atoms with Gasteiger partial charge < -0.3 is 11.1 Å². The van der Waals surface area contributed by atoms with Gasteiger partial charge in [-0.15, -0.1) is 0 Å². The summed E-state index contributed by atoms with van der Waals surface area (Å²) in [6.45, 7) is 3.79. The Hall–Kier alpha value is -2.07. The summed E-state index contributed by atoms with van der Waals surface area (Å²) >= 11 is 5.77. The smallest absolute Gasteiger partial charge is 0.256 e. The number of rotatable bonds is 2. The molecule has 0 bridgehead atoms. The third-order valence-electron chi connectivity index (χ3n) is 2.84. The third kappa shape index (κ3) is 3.03. The van der Waals surface area contributed by atoms with Gasteiger partial charge in [-0.1, -0.05) is 17.7 Å². The van der Waals surface area contributed by atoms with Gasteiger partial charge in [0.2, 0.25) is 0 Å². The lowest BCUT2D eigenvalue weighted by Gasteiger charge is -2.10. The zero-order chi connectivity index (χ0) is 14.0. The van der Waals surface area contributed by atoms with Crippen molar-refractivity contribution in [3.63, 3.8) is 0 Å². The van der Waals surface area contributed by atoms with E-state index in [1.807, 2.05) is 19.9 Å². The Labute approximate surface area is 116 Å². The highest BCUT2D eigenvalue weighted by molar-refractivity contribution is 6.29. The zero-order valence-electron chi connectivity index (χ0n) is 10.7. The average Bonchev–Trinajstić information content (AvgIpc) is 2.33. The molecule has 2 rings (SSSR count). The molecule has 1 heterocycles. The maximum absolute atomic E-state index is 12.2. The second kappa shape index (κ2) is 5.28. The molecule has 0 fully saturated rings. The summed E-state index contributed by atoms with van der Waals surface area (Å²) in [6.07, 6.45) is 1.54. The normalized spacial score (nSPS) is 10.3. The molecule has 1 aromatic heterocycles. The molecule has 0 aliphatic rings. The number of hydrogen-bond donors (Lipinski definition) is 2. The molecule has 1 aromatic carbocycles. The van der Waals surface area contributed by atoms with Crippen LogP contribution in [0.3, 0.4) is 0 Å². The Bertz CT molecular complexity index is 641. The van der Waals surface area contributed by atoms with Crippen LogP contribution in [0.25, 0.3) is 0 Å². The van der Waals surface area contributed by atoms with Crippen molar-refractivity contribution in [1.82, 2.24) is 4.98 Å². The van der Waals surface area contributed by atoms with Crippen molar-refractivity contribution in [1.29, 1.82) is 0 Å². The van der Waals surface area contributed by atoms with Gasteiger partial charge in [-0.05, 0) is 43.2 Å². The summed E-state index contributed by atoms with van der Waals surface area (Å²) in [5, 5.41) is 3.10. The van der Waals surface area contributed by atoms with E-state index >= 15 is 0 Å². The molecule has 0 saturated heterocycles. The molecule has 3 N–H and O–H groups in total. The fraction of sp³-hybridized carbons (Fsp3) is 0.143. The molecule has 0 saturated carbocycles. The van der Waals surface area contributed by atoms with Crippen molar-refractivity contribution in [2.24, 2.45) is 0 Å². The van der Waals surface area contributed by atoms with Gasteiger partial charge >= 0.3 is 0 Å². The lowest BCUT2D eigenvalue weighted by Crippen LogP contribution is -2.14. The number of carbonyl (C=O) groups excluding carboxylic acids is 1. The number of aryl methyl sites for hydroxylation is 2. The van der Waals surface area contributed by atoms with Gasteiger partial charge in [0.25, 0.3) is 5.91 Å². The van der Waals surface area contributed by atoms with Gasteiger partial charge in [0.05, 0.1) is 0 Å². The Morgan fingerprint density at radius 1 is 1.26 bits per heavy atom. The van der Waals surface area contributed by atoms with E-state index in [4.69, 9.17) is 17.3 Å². The van der Waals surface area contributed by atoms with Gasteiger partial charge in [0, 0.05) is 23.1 Å². The molecular weight excluding hydrogens is 262 g/mol. The molecular formula is C14H14ClN3O. The second-order valence-electron chi connectivity index (χ2n) is 4.35. The number of pyridine rings is 1. The SMILES string of the molecule is Cc1cc(C)c(C(=O)Nc2ccnc(Cl)c2)cc1N. The summed E-state index contributed by atoms with van der Waals surface area (Å²) in [5.74, 6) is -0.216. The number of halogens is 1. The first-order valence-corrected chi connectivity index (χ1v) is 6.15. The van der Waals surface area contributed by atoms with Crippen LogP contribution in [-0.4, -0.2) is 10.9 Å². The number of carbonyl (C=O) groups is 1. The highest BCUT2D eigenvalue weighted by atomic mass is 35.5. The van der Waals surface area contributed by atoms with Crippen molar-refractivity contribution in [3.05, 3.63) is 52.3 Å². The molecule has 98 valence electrons. The van der Waals surface area contributed by atoms with Crippen LogP contribution in [0.1, 0.15) is 21.5 Å². The number of anilines is 2. The van der Waals surface area contributed by atoms with E-state index in [2.05, 4.69) is 10.3 Å². The number of nitrogen functional groups attached to an aromatic ring is 1. The molecule has 1 amide bonds. The van der Waals surface area contributed by atoms with Gasteiger partial charge in [-0.25, -0.2) is 4.98 Å². The van der Waals surface area contributed by atoms with Crippen molar-refractivity contribution in [3.8, 4) is 0 Å². The Balaban J connectivity index is 2.28. The highest BCUT2D eigenvalue weighted by Crippen LogP contribution is 2.20. The first-order chi connectivity index (χ1) is 8.97. The van der Waals surface area contributed by atoms with Gasteiger partial charge in [-0.2, -0.15) is 0 Å². The molecule has 5 heteroatoms. The highest BCUT2D eigenvalue weighted by Gasteiger charge is 2.11. The van der Waals surface area contributed by atoms with E-state index in [1.165, 1.54) is 6.20 Å². The topological polar surface area (TPSA) is 68.0 Å². The van der Waals surface area contributed by atoms with Crippen LogP contribution in [0, 0.1) is 13.8 Å². The number of nitrogens with two attached hydrogens (primary N) is 1. The van der Waals surface area contributed by atoms with E-state index in [0.29, 0.717) is 22.1 Å². The molecule has 0 aliphatic carbocycles. The monoisotopic (exact) mass is 275 g/mol. The van der Waals surface area contributed by atoms with Gasteiger partial charge in [-0.3, -0.25) is 4.79 Å². The average molecular weight is 276 g/mol. The predicted octanol–water partition coefficient (Wildman–Crippen LogP) is 3.19. The molecule has 19 heavy (non-hydrogen) atoms. The second-order valence-corrected chi connectivity index (χ2v) is 4.73.